The Hall–Kier alpha value is -1.97. The zero-order valence-electron chi connectivity index (χ0n) is 8.27. The SMILES string of the molecule is Oc1cccc(-c2ccnc(C(F)F)c2)c1. The lowest BCUT2D eigenvalue weighted by atomic mass is 10.1. The van der Waals surface area contributed by atoms with Gasteiger partial charge in [-0.1, -0.05) is 12.1 Å². The second-order valence-electron chi connectivity index (χ2n) is 3.32. The van der Waals surface area contributed by atoms with Crippen molar-refractivity contribution in [2.24, 2.45) is 0 Å². The van der Waals surface area contributed by atoms with Gasteiger partial charge in [0.05, 0.1) is 0 Å². The standard InChI is InChI=1S/C12H9F2NO/c13-12(14)11-7-9(4-5-15-11)8-2-1-3-10(16)6-8/h1-7,12,16H. The average molecular weight is 221 g/mol. The van der Waals surface area contributed by atoms with Crippen LogP contribution in [0.25, 0.3) is 11.1 Å². The molecule has 0 aliphatic rings. The highest BCUT2D eigenvalue weighted by Gasteiger charge is 2.09. The molecule has 0 unspecified atom stereocenters. The van der Waals surface area contributed by atoms with Gasteiger partial charge in [-0.3, -0.25) is 4.98 Å². The Morgan fingerprint density at radius 3 is 2.50 bits per heavy atom. The maximum Gasteiger partial charge on any atom is 0.280 e. The summed E-state index contributed by atoms with van der Waals surface area (Å²) in [6.07, 6.45) is -1.25. The van der Waals surface area contributed by atoms with E-state index in [1.165, 1.54) is 24.4 Å². The van der Waals surface area contributed by atoms with E-state index in [9.17, 15) is 13.9 Å². The number of phenols is 1. The molecule has 1 heterocycles. The number of benzene rings is 1. The molecule has 0 fully saturated rings. The van der Waals surface area contributed by atoms with Gasteiger partial charge in [0, 0.05) is 6.20 Å². The monoisotopic (exact) mass is 221 g/mol. The third-order valence-corrected chi connectivity index (χ3v) is 2.18. The van der Waals surface area contributed by atoms with Gasteiger partial charge in [0.15, 0.2) is 0 Å². The van der Waals surface area contributed by atoms with Crippen molar-refractivity contribution in [3.63, 3.8) is 0 Å². The smallest absolute Gasteiger partial charge is 0.280 e. The summed E-state index contributed by atoms with van der Waals surface area (Å²) in [5.41, 5.74) is 1.03. The molecule has 0 aliphatic heterocycles. The van der Waals surface area contributed by atoms with E-state index in [4.69, 9.17) is 0 Å². The third-order valence-electron chi connectivity index (χ3n) is 2.18. The van der Waals surface area contributed by atoms with Crippen LogP contribution in [0, 0.1) is 0 Å². The van der Waals surface area contributed by atoms with E-state index in [1.54, 1.807) is 18.2 Å². The summed E-state index contributed by atoms with van der Waals surface area (Å²) in [4.78, 5) is 3.57. The molecule has 82 valence electrons. The van der Waals surface area contributed by atoms with Crippen LogP contribution in [0.1, 0.15) is 12.1 Å². The fourth-order valence-corrected chi connectivity index (χ4v) is 1.43. The van der Waals surface area contributed by atoms with Crippen LogP contribution in [-0.2, 0) is 0 Å². The summed E-state index contributed by atoms with van der Waals surface area (Å²) >= 11 is 0. The van der Waals surface area contributed by atoms with Gasteiger partial charge in [-0.15, -0.1) is 0 Å². The van der Waals surface area contributed by atoms with E-state index in [2.05, 4.69) is 4.98 Å². The Labute approximate surface area is 91.2 Å². The molecule has 0 bridgehead atoms. The first-order chi connectivity index (χ1) is 7.66. The van der Waals surface area contributed by atoms with E-state index in [0.717, 1.165) is 0 Å². The Balaban J connectivity index is 2.44. The summed E-state index contributed by atoms with van der Waals surface area (Å²) in [5, 5.41) is 9.29. The third kappa shape index (κ3) is 2.16. The van der Waals surface area contributed by atoms with Crippen LogP contribution < -0.4 is 0 Å². The van der Waals surface area contributed by atoms with Crippen LogP contribution >= 0.6 is 0 Å². The summed E-state index contributed by atoms with van der Waals surface area (Å²) in [6, 6.07) is 9.39. The fraction of sp³-hybridized carbons (Fsp3) is 0.0833. The van der Waals surface area contributed by atoms with Gasteiger partial charge in [0.2, 0.25) is 0 Å². The van der Waals surface area contributed by atoms with Gasteiger partial charge in [0.1, 0.15) is 11.4 Å². The molecule has 0 saturated carbocycles. The maximum atomic E-state index is 12.4. The van der Waals surface area contributed by atoms with Gasteiger partial charge >= 0.3 is 0 Å². The number of halogens is 2. The van der Waals surface area contributed by atoms with Crippen molar-refractivity contribution < 1.29 is 13.9 Å². The van der Waals surface area contributed by atoms with Crippen LogP contribution in [0.3, 0.4) is 0 Å². The summed E-state index contributed by atoms with van der Waals surface area (Å²) in [7, 11) is 0. The normalized spacial score (nSPS) is 10.7. The number of nitrogens with zero attached hydrogens (tertiary/aromatic N) is 1. The minimum atomic E-state index is -2.59. The average Bonchev–Trinajstić information content (AvgIpc) is 2.29. The summed E-state index contributed by atoms with van der Waals surface area (Å²) in [5.74, 6) is 0.105. The molecule has 1 aromatic carbocycles. The quantitative estimate of drug-likeness (QED) is 0.843. The Morgan fingerprint density at radius 2 is 1.81 bits per heavy atom. The lowest BCUT2D eigenvalue weighted by molar-refractivity contribution is 0.146. The largest absolute Gasteiger partial charge is 0.508 e. The van der Waals surface area contributed by atoms with E-state index >= 15 is 0 Å². The molecule has 0 radical (unpaired) electrons. The zero-order valence-corrected chi connectivity index (χ0v) is 8.27. The molecule has 0 spiro atoms. The number of aromatic nitrogens is 1. The van der Waals surface area contributed by atoms with Crippen LogP contribution in [0.2, 0.25) is 0 Å². The predicted octanol–water partition coefficient (Wildman–Crippen LogP) is 3.39. The minimum Gasteiger partial charge on any atom is -0.508 e. The van der Waals surface area contributed by atoms with Crippen molar-refractivity contribution in [3.8, 4) is 16.9 Å². The van der Waals surface area contributed by atoms with Gasteiger partial charge in [0.25, 0.3) is 6.43 Å². The molecular formula is C12H9F2NO. The maximum absolute atomic E-state index is 12.4. The number of rotatable bonds is 2. The van der Waals surface area contributed by atoms with Crippen molar-refractivity contribution in [2.45, 2.75) is 6.43 Å². The van der Waals surface area contributed by atoms with Gasteiger partial charge in [-0.2, -0.15) is 0 Å². The molecule has 1 N–H and O–H groups in total. The fourth-order valence-electron chi connectivity index (χ4n) is 1.43. The number of phenolic OH excluding ortho intramolecular Hbond substituents is 1. The second-order valence-corrected chi connectivity index (χ2v) is 3.32. The first-order valence-electron chi connectivity index (χ1n) is 4.70. The molecule has 16 heavy (non-hydrogen) atoms. The van der Waals surface area contributed by atoms with Crippen LogP contribution in [0.4, 0.5) is 8.78 Å². The van der Waals surface area contributed by atoms with Crippen molar-refractivity contribution in [1.29, 1.82) is 0 Å². The van der Waals surface area contributed by atoms with E-state index in [0.29, 0.717) is 11.1 Å². The molecule has 2 rings (SSSR count). The lowest BCUT2D eigenvalue weighted by Gasteiger charge is -2.04. The molecule has 2 aromatic rings. The van der Waals surface area contributed by atoms with Gasteiger partial charge < -0.3 is 5.11 Å². The molecule has 2 nitrogen and oxygen atoms in total. The van der Waals surface area contributed by atoms with Gasteiger partial charge in [-0.25, -0.2) is 8.78 Å². The van der Waals surface area contributed by atoms with Crippen molar-refractivity contribution in [3.05, 3.63) is 48.3 Å². The van der Waals surface area contributed by atoms with Crippen LogP contribution in [-0.4, -0.2) is 10.1 Å². The Morgan fingerprint density at radius 1 is 1.06 bits per heavy atom. The highest BCUT2D eigenvalue weighted by atomic mass is 19.3. The van der Waals surface area contributed by atoms with Crippen LogP contribution in [0.5, 0.6) is 5.75 Å². The molecule has 0 amide bonds. The number of aromatic hydroxyl groups is 1. The highest BCUT2D eigenvalue weighted by molar-refractivity contribution is 5.64. The Bertz CT molecular complexity index is 500. The summed E-state index contributed by atoms with van der Waals surface area (Å²) < 4.78 is 24.9. The zero-order chi connectivity index (χ0) is 11.5. The number of hydrogen-bond acceptors (Lipinski definition) is 2. The van der Waals surface area contributed by atoms with Crippen molar-refractivity contribution in [2.75, 3.05) is 0 Å². The summed E-state index contributed by atoms with van der Waals surface area (Å²) in [6.45, 7) is 0. The van der Waals surface area contributed by atoms with Crippen molar-refractivity contribution in [1.82, 2.24) is 4.98 Å². The lowest BCUT2D eigenvalue weighted by Crippen LogP contribution is -1.89. The molecular weight excluding hydrogens is 212 g/mol. The first kappa shape index (κ1) is 10.5. The molecule has 4 heteroatoms. The molecule has 0 saturated heterocycles. The molecule has 0 aliphatic carbocycles. The number of alkyl halides is 2. The topological polar surface area (TPSA) is 33.1 Å². The number of pyridine rings is 1. The van der Waals surface area contributed by atoms with Gasteiger partial charge in [-0.05, 0) is 35.4 Å². The minimum absolute atomic E-state index is 0.105. The predicted molar refractivity (Wildman–Crippen MR) is 56.3 cm³/mol. The van der Waals surface area contributed by atoms with Crippen molar-refractivity contribution >= 4 is 0 Å². The van der Waals surface area contributed by atoms with Crippen LogP contribution in [0.15, 0.2) is 42.6 Å². The molecule has 0 atom stereocenters. The van der Waals surface area contributed by atoms with E-state index in [1.807, 2.05) is 0 Å². The highest BCUT2D eigenvalue weighted by Crippen LogP contribution is 2.25. The molecule has 1 aromatic heterocycles. The Kier molecular flexibility index (Phi) is 2.81. The van der Waals surface area contributed by atoms with E-state index in [-0.39, 0.29) is 11.4 Å². The number of hydrogen-bond donors (Lipinski definition) is 1. The second kappa shape index (κ2) is 4.26. The van der Waals surface area contributed by atoms with E-state index < -0.39 is 6.43 Å². The first-order valence-corrected chi connectivity index (χ1v) is 4.70.